The molecule has 6 nitrogen and oxygen atoms in total. The number of ether oxygens (including phenoxy) is 3. The summed E-state index contributed by atoms with van der Waals surface area (Å²) in [6.45, 7) is 6.25. The maximum atomic E-state index is 12.7. The predicted molar refractivity (Wildman–Crippen MR) is 256 cm³/mol. The van der Waals surface area contributed by atoms with Crippen LogP contribution in [0, 0.1) is 0 Å². The molecule has 0 aliphatic carbocycles. The van der Waals surface area contributed by atoms with Crippen LogP contribution < -0.4 is 0 Å². The Bertz CT molecular complexity index is 1280. The van der Waals surface area contributed by atoms with E-state index in [4.69, 9.17) is 14.2 Å². The summed E-state index contributed by atoms with van der Waals surface area (Å²) >= 11 is 0. The number of hydrogen-bond donors (Lipinski definition) is 0. The van der Waals surface area contributed by atoms with Gasteiger partial charge in [-0.2, -0.15) is 0 Å². The van der Waals surface area contributed by atoms with Gasteiger partial charge >= 0.3 is 17.9 Å². The molecule has 0 aromatic heterocycles. The SMILES string of the molecule is CC/C=C/C=C/C=C/C=C/CCCCCC(=O)OCC(COC(=O)CCCCCCC/C=C/CCCCCCCCC)OC(=O)CCCCC/C=C/C=C/C=C/C=C/CC. The van der Waals surface area contributed by atoms with Gasteiger partial charge in [-0.15, -0.1) is 0 Å². The molecule has 1 atom stereocenters. The van der Waals surface area contributed by atoms with E-state index in [1.807, 2.05) is 72.9 Å². The van der Waals surface area contributed by atoms with E-state index in [0.29, 0.717) is 19.3 Å². The monoisotopic (exact) mass is 831 g/mol. The van der Waals surface area contributed by atoms with Crippen molar-refractivity contribution >= 4 is 17.9 Å². The first-order valence-corrected chi connectivity index (χ1v) is 24.0. The summed E-state index contributed by atoms with van der Waals surface area (Å²) in [5.74, 6) is -1.01. The van der Waals surface area contributed by atoms with Gasteiger partial charge < -0.3 is 14.2 Å². The molecule has 338 valence electrons. The first kappa shape index (κ1) is 56.1. The Hall–Kier alpha value is -3.93. The Morgan fingerprint density at radius 2 is 0.667 bits per heavy atom. The van der Waals surface area contributed by atoms with Gasteiger partial charge in [0.2, 0.25) is 0 Å². The summed E-state index contributed by atoms with van der Waals surface area (Å²) in [4.78, 5) is 37.8. The highest BCUT2D eigenvalue weighted by molar-refractivity contribution is 5.71. The van der Waals surface area contributed by atoms with E-state index in [-0.39, 0.29) is 37.5 Å². The predicted octanol–water partition coefficient (Wildman–Crippen LogP) is 15.6. The fourth-order valence-electron chi connectivity index (χ4n) is 6.10. The lowest BCUT2D eigenvalue weighted by atomic mass is 10.1. The van der Waals surface area contributed by atoms with Gasteiger partial charge in [-0.3, -0.25) is 14.4 Å². The first-order valence-electron chi connectivity index (χ1n) is 24.0. The molecular weight excluding hydrogens is 745 g/mol. The minimum atomic E-state index is -0.818. The van der Waals surface area contributed by atoms with Gasteiger partial charge in [-0.1, -0.05) is 201 Å². The van der Waals surface area contributed by atoms with E-state index in [0.717, 1.165) is 89.9 Å². The summed E-state index contributed by atoms with van der Waals surface area (Å²) in [6.07, 6.45) is 63.6. The van der Waals surface area contributed by atoms with Crippen LogP contribution in [0.1, 0.15) is 194 Å². The van der Waals surface area contributed by atoms with Crippen LogP contribution >= 0.6 is 0 Å². The normalized spacial score (nSPS) is 13.1. The number of esters is 3. The molecule has 0 fully saturated rings. The third-order valence-electron chi connectivity index (χ3n) is 9.68. The molecule has 0 heterocycles. The Morgan fingerprint density at radius 3 is 1.08 bits per heavy atom. The fraction of sp³-hybridized carbons (Fsp3) is 0.611. The Morgan fingerprint density at radius 1 is 0.350 bits per heavy atom. The molecule has 0 aliphatic rings. The molecule has 0 aromatic carbocycles. The van der Waals surface area contributed by atoms with Gasteiger partial charge in [-0.25, -0.2) is 0 Å². The molecule has 0 amide bonds. The summed E-state index contributed by atoms with van der Waals surface area (Å²) in [6, 6.07) is 0. The molecule has 1 unspecified atom stereocenters. The van der Waals surface area contributed by atoms with Crippen LogP contribution in [-0.2, 0) is 28.6 Å². The number of allylic oxidation sites excluding steroid dienone is 18. The molecule has 0 saturated heterocycles. The van der Waals surface area contributed by atoms with Gasteiger partial charge in [0.05, 0.1) is 0 Å². The van der Waals surface area contributed by atoms with E-state index in [1.165, 1.54) is 57.8 Å². The summed E-state index contributed by atoms with van der Waals surface area (Å²) in [5.41, 5.74) is 0. The topological polar surface area (TPSA) is 78.9 Å². The van der Waals surface area contributed by atoms with Crippen LogP contribution in [0.4, 0.5) is 0 Å². The maximum absolute atomic E-state index is 12.7. The van der Waals surface area contributed by atoms with Crippen molar-refractivity contribution < 1.29 is 28.6 Å². The number of unbranched alkanes of at least 4 members (excludes halogenated alkanes) is 18. The van der Waals surface area contributed by atoms with Crippen LogP contribution in [0.3, 0.4) is 0 Å². The molecule has 0 radical (unpaired) electrons. The lowest BCUT2D eigenvalue weighted by Gasteiger charge is -2.18. The van der Waals surface area contributed by atoms with Gasteiger partial charge in [0, 0.05) is 19.3 Å². The average molecular weight is 831 g/mol. The second-order valence-electron chi connectivity index (χ2n) is 15.4. The number of carbonyl (C=O) groups is 3. The molecule has 0 saturated carbocycles. The lowest BCUT2D eigenvalue weighted by molar-refractivity contribution is -0.167. The van der Waals surface area contributed by atoms with Crippen LogP contribution in [0.15, 0.2) is 109 Å². The highest BCUT2D eigenvalue weighted by Gasteiger charge is 2.19. The van der Waals surface area contributed by atoms with E-state index in [1.54, 1.807) is 0 Å². The number of hydrogen-bond acceptors (Lipinski definition) is 6. The van der Waals surface area contributed by atoms with Crippen molar-refractivity contribution in [3.8, 4) is 0 Å². The molecule has 0 N–H and O–H groups in total. The van der Waals surface area contributed by atoms with Crippen molar-refractivity contribution in [3.05, 3.63) is 109 Å². The van der Waals surface area contributed by atoms with Crippen LogP contribution in [-0.4, -0.2) is 37.2 Å². The quantitative estimate of drug-likeness (QED) is 0.0201. The zero-order chi connectivity index (χ0) is 43.7. The Balaban J connectivity index is 4.52. The van der Waals surface area contributed by atoms with Gasteiger partial charge in [-0.05, 0) is 83.5 Å². The highest BCUT2D eigenvalue weighted by Crippen LogP contribution is 2.13. The third-order valence-corrected chi connectivity index (χ3v) is 9.68. The second kappa shape index (κ2) is 47.7. The molecule has 0 spiro atoms. The summed E-state index contributed by atoms with van der Waals surface area (Å²) in [7, 11) is 0. The smallest absolute Gasteiger partial charge is 0.306 e. The molecule has 0 bridgehead atoms. The number of carbonyl (C=O) groups excluding carboxylic acids is 3. The highest BCUT2D eigenvalue weighted by atomic mass is 16.6. The molecule has 60 heavy (non-hydrogen) atoms. The molecule has 0 aliphatic heterocycles. The third kappa shape index (κ3) is 45.2. The summed E-state index contributed by atoms with van der Waals surface area (Å²) in [5, 5.41) is 0. The Labute approximate surface area is 368 Å². The average Bonchev–Trinajstić information content (AvgIpc) is 3.24. The van der Waals surface area contributed by atoms with Crippen molar-refractivity contribution in [3.63, 3.8) is 0 Å². The van der Waals surface area contributed by atoms with E-state index >= 15 is 0 Å². The zero-order valence-corrected chi connectivity index (χ0v) is 38.4. The van der Waals surface area contributed by atoms with E-state index in [2.05, 4.69) is 57.2 Å². The largest absolute Gasteiger partial charge is 0.462 e. The van der Waals surface area contributed by atoms with Gasteiger partial charge in [0.25, 0.3) is 0 Å². The number of rotatable bonds is 41. The second-order valence-corrected chi connectivity index (χ2v) is 15.4. The van der Waals surface area contributed by atoms with Gasteiger partial charge in [0.1, 0.15) is 13.2 Å². The Kier molecular flexibility index (Phi) is 44.6. The van der Waals surface area contributed by atoms with Gasteiger partial charge in [0.15, 0.2) is 6.10 Å². The first-order chi connectivity index (χ1) is 29.5. The van der Waals surface area contributed by atoms with E-state index in [9.17, 15) is 14.4 Å². The van der Waals surface area contributed by atoms with Crippen LogP contribution in [0.25, 0.3) is 0 Å². The van der Waals surface area contributed by atoms with Crippen molar-refractivity contribution in [2.24, 2.45) is 0 Å². The molecule has 6 heteroatoms. The zero-order valence-electron chi connectivity index (χ0n) is 38.4. The molecular formula is C54H86O6. The van der Waals surface area contributed by atoms with Crippen molar-refractivity contribution in [1.29, 1.82) is 0 Å². The standard InChI is InChI=1S/C54H86O6/c1-4-7-10-13-16-19-22-25-26-27-30-32-35-38-41-44-47-53(56)59-50-51(60-54(57)48-45-42-39-36-33-29-24-21-18-15-12-9-6-3)49-58-52(55)46-43-40-37-34-31-28-23-20-17-14-11-8-5-2/h8-9,11-12,14-15,17-18,20-21,23-24,26-29,31,33,51H,4-7,10,13,16,19,22,25,30,32,34-50H2,1-3H3/b11-8+,12-9+,17-14+,18-15+,23-20+,24-21+,27-26+,31-28+,33-29+. The van der Waals surface area contributed by atoms with Crippen molar-refractivity contribution in [2.45, 2.75) is 200 Å². The summed E-state index contributed by atoms with van der Waals surface area (Å²) < 4.78 is 16.7. The molecule has 0 aromatic rings. The van der Waals surface area contributed by atoms with Crippen LogP contribution in [0.5, 0.6) is 0 Å². The molecule has 0 rings (SSSR count). The lowest BCUT2D eigenvalue weighted by Crippen LogP contribution is -2.30. The maximum Gasteiger partial charge on any atom is 0.306 e. The van der Waals surface area contributed by atoms with E-state index < -0.39 is 6.10 Å². The minimum Gasteiger partial charge on any atom is -0.462 e. The minimum absolute atomic E-state index is 0.114. The van der Waals surface area contributed by atoms with Crippen LogP contribution in [0.2, 0.25) is 0 Å². The fourth-order valence-corrected chi connectivity index (χ4v) is 6.10. The van der Waals surface area contributed by atoms with Crippen molar-refractivity contribution in [1.82, 2.24) is 0 Å². The van der Waals surface area contributed by atoms with Crippen molar-refractivity contribution in [2.75, 3.05) is 13.2 Å².